The van der Waals surface area contributed by atoms with E-state index in [9.17, 15) is 10.1 Å². The Balaban J connectivity index is 2.17. The van der Waals surface area contributed by atoms with Gasteiger partial charge < -0.3 is 5.32 Å². The summed E-state index contributed by atoms with van der Waals surface area (Å²) in [5, 5.41) is 19.0. The van der Waals surface area contributed by atoms with Crippen molar-refractivity contribution in [3.63, 3.8) is 0 Å². The smallest absolute Gasteiger partial charge is 0.333 e. The third kappa shape index (κ3) is 3.54. The molecule has 1 aliphatic carbocycles. The summed E-state index contributed by atoms with van der Waals surface area (Å²) in [4.78, 5) is 11.1. The SMILES string of the molecule is CCCc1nn(C)c(NCC2(C)CCCCC2)c1[N+](=O)[O-]. The predicted molar refractivity (Wildman–Crippen MR) is 83.5 cm³/mol. The largest absolute Gasteiger partial charge is 0.364 e. The van der Waals surface area contributed by atoms with Gasteiger partial charge in [-0.15, -0.1) is 0 Å². The minimum atomic E-state index is -0.302. The molecule has 0 saturated heterocycles. The molecule has 1 aromatic heterocycles. The second kappa shape index (κ2) is 6.45. The summed E-state index contributed by atoms with van der Waals surface area (Å²) in [7, 11) is 1.78. The summed E-state index contributed by atoms with van der Waals surface area (Å²) in [6.07, 6.45) is 7.70. The monoisotopic (exact) mass is 294 g/mol. The molecule has 2 rings (SSSR count). The van der Waals surface area contributed by atoms with Crippen molar-refractivity contribution in [2.24, 2.45) is 12.5 Å². The molecule has 0 aromatic carbocycles. The first kappa shape index (κ1) is 15.8. The summed E-state index contributed by atoms with van der Waals surface area (Å²) < 4.78 is 1.62. The van der Waals surface area contributed by atoms with Crippen LogP contribution >= 0.6 is 0 Å². The summed E-state index contributed by atoms with van der Waals surface area (Å²) in [6.45, 7) is 5.06. The van der Waals surface area contributed by atoms with Gasteiger partial charge >= 0.3 is 5.69 Å². The minimum Gasteiger partial charge on any atom is -0.364 e. The molecule has 0 unspecified atom stereocenters. The van der Waals surface area contributed by atoms with Crippen LogP contribution < -0.4 is 5.32 Å². The number of rotatable bonds is 6. The third-order valence-electron chi connectivity index (χ3n) is 4.50. The van der Waals surface area contributed by atoms with E-state index in [1.807, 2.05) is 6.92 Å². The van der Waals surface area contributed by atoms with E-state index in [0.717, 1.165) is 13.0 Å². The molecule has 0 atom stereocenters. The van der Waals surface area contributed by atoms with E-state index in [1.165, 1.54) is 32.1 Å². The van der Waals surface area contributed by atoms with Crippen LogP contribution in [0.5, 0.6) is 0 Å². The fourth-order valence-electron chi connectivity index (χ4n) is 3.24. The Labute approximate surface area is 126 Å². The average Bonchev–Trinajstić information content (AvgIpc) is 2.74. The first-order valence-corrected chi connectivity index (χ1v) is 7.91. The quantitative estimate of drug-likeness (QED) is 0.642. The standard InChI is InChI=1S/C15H26N4O2/c1-4-8-12-13(19(20)21)14(18(3)17-12)16-11-15(2)9-6-5-7-10-15/h16H,4-11H2,1-3H3. The van der Waals surface area contributed by atoms with Gasteiger partial charge in [0.25, 0.3) is 0 Å². The summed E-state index contributed by atoms with van der Waals surface area (Å²) >= 11 is 0. The molecular formula is C15H26N4O2. The molecule has 1 fully saturated rings. The van der Waals surface area contributed by atoms with Crippen molar-refractivity contribution in [3.05, 3.63) is 15.8 Å². The molecule has 0 spiro atoms. The fourth-order valence-corrected chi connectivity index (χ4v) is 3.24. The molecule has 118 valence electrons. The van der Waals surface area contributed by atoms with Gasteiger partial charge in [-0.2, -0.15) is 5.10 Å². The van der Waals surface area contributed by atoms with Crippen LogP contribution in [0, 0.1) is 15.5 Å². The molecule has 1 heterocycles. The van der Waals surface area contributed by atoms with Crippen molar-refractivity contribution in [2.75, 3.05) is 11.9 Å². The number of aryl methyl sites for hydroxylation is 2. The van der Waals surface area contributed by atoms with E-state index in [4.69, 9.17) is 0 Å². The first-order chi connectivity index (χ1) is 9.97. The Morgan fingerprint density at radius 3 is 2.62 bits per heavy atom. The fraction of sp³-hybridized carbons (Fsp3) is 0.800. The van der Waals surface area contributed by atoms with E-state index < -0.39 is 0 Å². The Morgan fingerprint density at radius 1 is 1.38 bits per heavy atom. The van der Waals surface area contributed by atoms with Crippen LogP contribution in [-0.4, -0.2) is 21.2 Å². The van der Waals surface area contributed by atoms with Crippen LogP contribution in [0.4, 0.5) is 11.5 Å². The van der Waals surface area contributed by atoms with E-state index in [0.29, 0.717) is 17.9 Å². The number of nitro groups is 1. The van der Waals surface area contributed by atoms with Crippen LogP contribution in [0.15, 0.2) is 0 Å². The highest BCUT2D eigenvalue weighted by Crippen LogP contribution is 2.37. The van der Waals surface area contributed by atoms with Gasteiger partial charge in [0.2, 0.25) is 5.82 Å². The van der Waals surface area contributed by atoms with E-state index in [2.05, 4.69) is 17.3 Å². The maximum Gasteiger partial charge on any atom is 0.333 e. The van der Waals surface area contributed by atoms with Gasteiger partial charge in [0.05, 0.1) is 4.92 Å². The molecule has 1 aliphatic rings. The second-order valence-electron chi connectivity index (χ2n) is 6.50. The molecule has 1 aromatic rings. The van der Waals surface area contributed by atoms with Gasteiger partial charge in [0, 0.05) is 13.6 Å². The van der Waals surface area contributed by atoms with Crippen LogP contribution in [0.2, 0.25) is 0 Å². The van der Waals surface area contributed by atoms with Crippen molar-refractivity contribution < 1.29 is 4.92 Å². The van der Waals surface area contributed by atoms with Crippen molar-refractivity contribution in [1.82, 2.24) is 9.78 Å². The highest BCUT2D eigenvalue weighted by atomic mass is 16.6. The summed E-state index contributed by atoms with van der Waals surface area (Å²) in [5.74, 6) is 0.551. The number of nitrogens with zero attached hydrogens (tertiary/aromatic N) is 3. The zero-order valence-corrected chi connectivity index (χ0v) is 13.3. The highest BCUT2D eigenvalue weighted by Gasteiger charge is 2.30. The van der Waals surface area contributed by atoms with Crippen LogP contribution in [-0.2, 0) is 13.5 Å². The Kier molecular flexibility index (Phi) is 4.85. The highest BCUT2D eigenvalue weighted by molar-refractivity contribution is 5.60. The average molecular weight is 294 g/mol. The topological polar surface area (TPSA) is 73.0 Å². The van der Waals surface area contributed by atoms with Gasteiger partial charge in [-0.1, -0.05) is 39.5 Å². The molecule has 1 N–H and O–H groups in total. The van der Waals surface area contributed by atoms with E-state index >= 15 is 0 Å². The molecule has 0 amide bonds. The molecule has 0 bridgehead atoms. The lowest BCUT2D eigenvalue weighted by Gasteiger charge is -2.33. The molecule has 21 heavy (non-hydrogen) atoms. The van der Waals surface area contributed by atoms with Gasteiger partial charge in [-0.05, 0) is 24.7 Å². The zero-order chi connectivity index (χ0) is 15.5. The van der Waals surface area contributed by atoms with Gasteiger partial charge in [-0.25, -0.2) is 4.68 Å². The summed E-state index contributed by atoms with van der Waals surface area (Å²) in [6, 6.07) is 0. The Hall–Kier alpha value is -1.59. The lowest BCUT2D eigenvalue weighted by atomic mass is 9.76. The van der Waals surface area contributed by atoms with Gasteiger partial charge in [0.1, 0.15) is 5.69 Å². The number of hydrogen-bond donors (Lipinski definition) is 1. The van der Waals surface area contributed by atoms with Crippen LogP contribution in [0.1, 0.15) is 58.1 Å². The molecule has 0 aliphatic heterocycles. The Morgan fingerprint density at radius 2 is 2.05 bits per heavy atom. The summed E-state index contributed by atoms with van der Waals surface area (Å²) in [5.41, 5.74) is 0.974. The van der Waals surface area contributed by atoms with Crippen LogP contribution in [0.3, 0.4) is 0 Å². The first-order valence-electron chi connectivity index (χ1n) is 7.91. The number of aromatic nitrogens is 2. The number of nitrogens with one attached hydrogen (secondary N) is 1. The molecular weight excluding hydrogens is 268 g/mol. The lowest BCUT2D eigenvalue weighted by Crippen LogP contribution is -2.29. The Bertz CT molecular complexity index is 504. The molecule has 6 nitrogen and oxygen atoms in total. The zero-order valence-electron chi connectivity index (χ0n) is 13.3. The normalized spacial score (nSPS) is 17.7. The van der Waals surface area contributed by atoms with Crippen molar-refractivity contribution >= 4 is 11.5 Å². The maximum atomic E-state index is 11.4. The van der Waals surface area contributed by atoms with Gasteiger partial charge in [-0.3, -0.25) is 10.1 Å². The predicted octanol–water partition coefficient (Wildman–Crippen LogP) is 3.66. The second-order valence-corrected chi connectivity index (χ2v) is 6.50. The van der Waals surface area contributed by atoms with E-state index in [-0.39, 0.29) is 16.0 Å². The van der Waals surface area contributed by atoms with Crippen LogP contribution in [0.25, 0.3) is 0 Å². The third-order valence-corrected chi connectivity index (χ3v) is 4.50. The van der Waals surface area contributed by atoms with Crippen molar-refractivity contribution in [3.8, 4) is 0 Å². The van der Waals surface area contributed by atoms with Gasteiger partial charge in [0.15, 0.2) is 0 Å². The maximum absolute atomic E-state index is 11.4. The van der Waals surface area contributed by atoms with E-state index in [1.54, 1.807) is 11.7 Å². The molecule has 6 heteroatoms. The van der Waals surface area contributed by atoms with Crippen molar-refractivity contribution in [2.45, 2.75) is 58.8 Å². The minimum absolute atomic E-state index is 0.152. The van der Waals surface area contributed by atoms with Crippen molar-refractivity contribution in [1.29, 1.82) is 0 Å². The molecule has 1 saturated carbocycles. The number of anilines is 1. The lowest BCUT2D eigenvalue weighted by molar-refractivity contribution is -0.384. The number of hydrogen-bond acceptors (Lipinski definition) is 4. The molecule has 0 radical (unpaired) electrons.